The Hall–Kier alpha value is -0.763. The van der Waals surface area contributed by atoms with Crippen molar-refractivity contribution in [2.24, 2.45) is 0 Å². The van der Waals surface area contributed by atoms with Gasteiger partial charge in [0.05, 0.1) is 18.0 Å². The van der Waals surface area contributed by atoms with Gasteiger partial charge >= 0.3 is 0 Å². The molecule has 1 heterocycles. The average Bonchev–Trinajstić information content (AvgIpc) is 2.56. The molecule has 0 saturated heterocycles. The highest BCUT2D eigenvalue weighted by Crippen LogP contribution is 2.39. The summed E-state index contributed by atoms with van der Waals surface area (Å²) in [5, 5.41) is 0.129. The molecule has 2 rings (SSSR count). The molecule has 1 aromatic rings. The molecule has 0 bridgehead atoms. The zero-order chi connectivity index (χ0) is 18.2. The number of aromatic nitrogens is 1. The van der Waals surface area contributed by atoms with Crippen LogP contribution in [0, 0.1) is 0 Å². The van der Waals surface area contributed by atoms with Gasteiger partial charge in [0.2, 0.25) is 10.0 Å². The summed E-state index contributed by atoms with van der Waals surface area (Å²) >= 11 is 0. The minimum absolute atomic E-state index is 0.0411. The minimum Gasteiger partial charge on any atom is -0.414 e. The van der Waals surface area contributed by atoms with Crippen LogP contribution in [-0.2, 0) is 20.9 Å². The summed E-state index contributed by atoms with van der Waals surface area (Å²) in [4.78, 5) is 4.45. The summed E-state index contributed by atoms with van der Waals surface area (Å²) in [6.07, 6.45) is 5.36. The molecule has 1 aromatic heterocycles. The minimum atomic E-state index is -3.31. The molecule has 0 spiro atoms. The Balaban J connectivity index is 2.27. The Morgan fingerprint density at radius 2 is 2.00 bits per heavy atom. The second kappa shape index (κ2) is 6.86. The van der Waals surface area contributed by atoms with E-state index in [-0.39, 0.29) is 17.2 Å². The Bertz CT molecular complexity index is 683. The number of hydrogen-bond donors (Lipinski definition) is 1. The van der Waals surface area contributed by atoms with E-state index in [1.54, 1.807) is 6.20 Å². The van der Waals surface area contributed by atoms with Crippen LogP contribution in [0.4, 0.5) is 0 Å². The van der Waals surface area contributed by atoms with Crippen molar-refractivity contribution in [1.29, 1.82) is 0 Å². The van der Waals surface area contributed by atoms with Crippen molar-refractivity contribution in [1.82, 2.24) is 9.71 Å². The average molecular weight is 371 g/mol. The molecule has 136 valence electrons. The number of pyridine rings is 1. The highest BCUT2D eigenvalue weighted by atomic mass is 32.2. The summed E-state index contributed by atoms with van der Waals surface area (Å²) in [6.45, 7) is 11.1. The molecule has 1 N–H and O–H groups in total. The standard InChI is InChI=1S/C17H30N2O3SSi/c1-17(2,3)24(5,6)22-14-10-9-13-8-7-11-18-16(13)15(12-14)19-23(4,20)21/h7-8,11,14-15,19H,9-10,12H2,1-6H3/t14-,15+/m1/s1. The Labute approximate surface area is 147 Å². The van der Waals surface area contributed by atoms with Gasteiger partial charge in [-0.05, 0) is 49.0 Å². The summed E-state index contributed by atoms with van der Waals surface area (Å²) in [7, 11) is -5.22. The molecular formula is C17H30N2O3SSi. The molecule has 0 aliphatic heterocycles. The van der Waals surface area contributed by atoms with Crippen molar-refractivity contribution in [2.45, 2.75) is 70.3 Å². The fraction of sp³-hybridized carbons (Fsp3) is 0.706. The highest BCUT2D eigenvalue weighted by Gasteiger charge is 2.40. The maximum Gasteiger partial charge on any atom is 0.209 e. The summed E-state index contributed by atoms with van der Waals surface area (Å²) in [6, 6.07) is 3.62. The second-order valence-corrected chi connectivity index (χ2v) is 14.8. The summed E-state index contributed by atoms with van der Waals surface area (Å²) in [5.41, 5.74) is 1.95. The SMILES string of the molecule is CC(C)(C)[Si](C)(C)O[C@@H]1CCc2cccnc2[C@@H](NS(C)(=O)=O)C1. The van der Waals surface area contributed by atoms with Gasteiger partial charge in [0, 0.05) is 12.3 Å². The quantitative estimate of drug-likeness (QED) is 0.651. The summed E-state index contributed by atoms with van der Waals surface area (Å²) < 4.78 is 32.9. The lowest BCUT2D eigenvalue weighted by molar-refractivity contribution is 0.154. The first kappa shape index (κ1) is 19.6. The summed E-state index contributed by atoms with van der Waals surface area (Å²) in [5.74, 6) is 0. The van der Waals surface area contributed by atoms with E-state index < -0.39 is 18.3 Å². The zero-order valence-electron chi connectivity index (χ0n) is 15.6. The van der Waals surface area contributed by atoms with Gasteiger partial charge in [0.15, 0.2) is 8.32 Å². The van der Waals surface area contributed by atoms with E-state index in [4.69, 9.17) is 4.43 Å². The number of fused-ring (bicyclic) bond motifs is 1. The molecule has 0 saturated carbocycles. The molecule has 0 aromatic carbocycles. The van der Waals surface area contributed by atoms with E-state index in [2.05, 4.69) is 43.6 Å². The van der Waals surface area contributed by atoms with E-state index in [0.29, 0.717) is 6.42 Å². The fourth-order valence-corrected chi connectivity index (χ4v) is 4.97. The van der Waals surface area contributed by atoms with Crippen LogP contribution >= 0.6 is 0 Å². The van der Waals surface area contributed by atoms with Gasteiger partial charge in [-0.1, -0.05) is 26.8 Å². The normalized spacial score (nSPS) is 22.8. The Morgan fingerprint density at radius 1 is 1.33 bits per heavy atom. The Morgan fingerprint density at radius 3 is 2.58 bits per heavy atom. The zero-order valence-corrected chi connectivity index (χ0v) is 17.4. The van der Waals surface area contributed by atoms with Crippen LogP contribution < -0.4 is 4.72 Å². The van der Waals surface area contributed by atoms with Crippen molar-refractivity contribution in [3.8, 4) is 0 Å². The van der Waals surface area contributed by atoms with E-state index in [9.17, 15) is 8.42 Å². The van der Waals surface area contributed by atoms with Crippen LogP contribution in [0.3, 0.4) is 0 Å². The third kappa shape index (κ3) is 4.88. The number of nitrogens with zero attached hydrogens (tertiary/aromatic N) is 1. The first-order valence-electron chi connectivity index (χ1n) is 8.48. The predicted octanol–water partition coefficient (Wildman–Crippen LogP) is 3.40. The number of nitrogens with one attached hydrogen (secondary N) is 1. The van der Waals surface area contributed by atoms with E-state index in [1.807, 2.05) is 12.1 Å². The molecular weight excluding hydrogens is 340 g/mol. The maximum absolute atomic E-state index is 11.8. The van der Waals surface area contributed by atoms with E-state index in [0.717, 1.165) is 24.1 Å². The maximum atomic E-state index is 11.8. The molecule has 0 unspecified atom stereocenters. The van der Waals surface area contributed by atoms with Crippen molar-refractivity contribution in [3.63, 3.8) is 0 Å². The highest BCUT2D eigenvalue weighted by molar-refractivity contribution is 7.88. The fourth-order valence-electron chi connectivity index (χ4n) is 2.85. The molecule has 7 heteroatoms. The number of hydrogen-bond acceptors (Lipinski definition) is 4. The van der Waals surface area contributed by atoms with Gasteiger partial charge < -0.3 is 4.43 Å². The van der Waals surface area contributed by atoms with Crippen molar-refractivity contribution in [2.75, 3.05) is 6.26 Å². The van der Waals surface area contributed by atoms with Crippen molar-refractivity contribution >= 4 is 18.3 Å². The lowest BCUT2D eigenvalue weighted by Gasteiger charge is -2.39. The second-order valence-electron chi connectivity index (χ2n) is 8.26. The molecule has 0 radical (unpaired) electrons. The van der Waals surface area contributed by atoms with Gasteiger partial charge in [-0.2, -0.15) is 0 Å². The van der Waals surface area contributed by atoms with Crippen LogP contribution in [0.1, 0.15) is 50.9 Å². The third-order valence-corrected chi connectivity index (χ3v) is 10.4. The lowest BCUT2D eigenvalue weighted by Crippen LogP contribution is -2.44. The van der Waals surface area contributed by atoms with Gasteiger partial charge in [-0.15, -0.1) is 0 Å². The molecule has 5 nitrogen and oxygen atoms in total. The van der Waals surface area contributed by atoms with E-state index >= 15 is 0 Å². The molecule has 1 aliphatic carbocycles. The van der Waals surface area contributed by atoms with Crippen LogP contribution in [0.25, 0.3) is 0 Å². The molecule has 0 fully saturated rings. The van der Waals surface area contributed by atoms with E-state index in [1.165, 1.54) is 6.26 Å². The monoisotopic (exact) mass is 370 g/mol. The van der Waals surface area contributed by atoms with Crippen LogP contribution in [-0.4, -0.2) is 34.1 Å². The number of aryl methyl sites for hydroxylation is 1. The molecule has 2 atom stereocenters. The molecule has 1 aliphatic rings. The topological polar surface area (TPSA) is 68.3 Å². The Kier molecular flexibility index (Phi) is 5.59. The van der Waals surface area contributed by atoms with Crippen LogP contribution in [0.5, 0.6) is 0 Å². The number of rotatable bonds is 4. The number of sulfonamides is 1. The third-order valence-electron chi connectivity index (χ3n) is 5.11. The lowest BCUT2D eigenvalue weighted by atomic mass is 10.1. The van der Waals surface area contributed by atoms with Crippen LogP contribution in [0.2, 0.25) is 18.1 Å². The molecule has 0 amide bonds. The first-order valence-corrected chi connectivity index (χ1v) is 13.3. The van der Waals surface area contributed by atoms with Crippen LogP contribution in [0.15, 0.2) is 18.3 Å². The van der Waals surface area contributed by atoms with Gasteiger partial charge in [0.25, 0.3) is 0 Å². The molecule has 24 heavy (non-hydrogen) atoms. The van der Waals surface area contributed by atoms with Crippen molar-refractivity contribution in [3.05, 3.63) is 29.6 Å². The van der Waals surface area contributed by atoms with Crippen molar-refractivity contribution < 1.29 is 12.8 Å². The van der Waals surface area contributed by atoms with Gasteiger partial charge in [0.1, 0.15) is 0 Å². The van der Waals surface area contributed by atoms with Gasteiger partial charge in [-0.25, -0.2) is 13.1 Å². The predicted molar refractivity (Wildman–Crippen MR) is 100.0 cm³/mol. The van der Waals surface area contributed by atoms with Gasteiger partial charge in [-0.3, -0.25) is 4.98 Å². The smallest absolute Gasteiger partial charge is 0.209 e. The first-order chi connectivity index (χ1) is 10.9. The largest absolute Gasteiger partial charge is 0.414 e.